The number of hydrogen-bond acceptors (Lipinski definition) is 5. The van der Waals surface area contributed by atoms with Crippen molar-refractivity contribution >= 4 is 39.7 Å². The van der Waals surface area contributed by atoms with E-state index in [4.69, 9.17) is 5.11 Å². The zero-order valence-electron chi connectivity index (χ0n) is 10.9. The highest BCUT2D eigenvalue weighted by atomic mass is 32.1. The molecule has 0 bridgehead atoms. The molecule has 2 rings (SSSR count). The number of aromatic carboxylic acids is 1. The second kappa shape index (κ2) is 5.70. The zero-order valence-corrected chi connectivity index (χ0v) is 11.7. The van der Waals surface area contributed by atoms with Crippen molar-refractivity contribution in [1.82, 2.24) is 4.98 Å². The van der Waals surface area contributed by atoms with Gasteiger partial charge in [-0.1, -0.05) is 11.3 Å². The molecule has 0 aliphatic heterocycles. The minimum atomic E-state index is -0.978. The third kappa shape index (κ3) is 3.33. The fourth-order valence-electron chi connectivity index (χ4n) is 1.61. The Morgan fingerprint density at radius 1 is 1.20 bits per heavy atom. The SMILES string of the molecule is CC(=O)Nc1ccc(Nc2nc(C)c(C(=O)O)s2)cc1. The van der Waals surface area contributed by atoms with Gasteiger partial charge in [-0.25, -0.2) is 9.78 Å². The number of benzene rings is 1. The molecule has 0 fully saturated rings. The number of hydrogen-bond donors (Lipinski definition) is 3. The number of aromatic nitrogens is 1. The third-order valence-electron chi connectivity index (χ3n) is 2.45. The Kier molecular flexibility index (Phi) is 3.99. The summed E-state index contributed by atoms with van der Waals surface area (Å²) in [5, 5.41) is 15.2. The molecule has 0 saturated heterocycles. The van der Waals surface area contributed by atoms with Crippen molar-refractivity contribution in [3.8, 4) is 0 Å². The molecule has 0 spiro atoms. The molecule has 0 saturated carbocycles. The van der Waals surface area contributed by atoms with Crippen LogP contribution in [0.1, 0.15) is 22.3 Å². The van der Waals surface area contributed by atoms with E-state index in [9.17, 15) is 9.59 Å². The molecule has 3 N–H and O–H groups in total. The largest absolute Gasteiger partial charge is 0.477 e. The van der Waals surface area contributed by atoms with Gasteiger partial charge in [0.25, 0.3) is 0 Å². The van der Waals surface area contributed by atoms with Gasteiger partial charge in [0.2, 0.25) is 5.91 Å². The van der Waals surface area contributed by atoms with Gasteiger partial charge in [0, 0.05) is 18.3 Å². The normalized spacial score (nSPS) is 10.1. The number of anilines is 3. The van der Waals surface area contributed by atoms with Crippen LogP contribution in [0.15, 0.2) is 24.3 Å². The maximum Gasteiger partial charge on any atom is 0.347 e. The number of aryl methyl sites for hydroxylation is 1. The molecule has 0 radical (unpaired) electrons. The summed E-state index contributed by atoms with van der Waals surface area (Å²) in [6, 6.07) is 7.06. The average Bonchev–Trinajstić information content (AvgIpc) is 2.72. The van der Waals surface area contributed by atoms with Crippen molar-refractivity contribution in [3.05, 3.63) is 34.8 Å². The second-order valence-corrected chi connectivity index (χ2v) is 5.12. The summed E-state index contributed by atoms with van der Waals surface area (Å²) in [7, 11) is 0. The van der Waals surface area contributed by atoms with Gasteiger partial charge in [-0.3, -0.25) is 4.79 Å². The quantitative estimate of drug-likeness (QED) is 0.805. The number of carboxylic acid groups (broad SMARTS) is 1. The molecule has 6 nitrogen and oxygen atoms in total. The third-order valence-corrected chi connectivity index (χ3v) is 3.51. The van der Waals surface area contributed by atoms with Crippen LogP contribution in [-0.2, 0) is 4.79 Å². The number of carbonyl (C=O) groups is 2. The number of carboxylic acids is 1. The molecule has 2 aromatic rings. The molecule has 104 valence electrons. The van der Waals surface area contributed by atoms with E-state index in [0.717, 1.165) is 17.0 Å². The van der Waals surface area contributed by atoms with Gasteiger partial charge >= 0.3 is 5.97 Å². The van der Waals surface area contributed by atoms with Gasteiger partial charge in [0.05, 0.1) is 5.69 Å². The van der Waals surface area contributed by atoms with E-state index >= 15 is 0 Å². The van der Waals surface area contributed by atoms with Gasteiger partial charge in [-0.05, 0) is 31.2 Å². The average molecular weight is 291 g/mol. The number of rotatable bonds is 4. The second-order valence-electron chi connectivity index (χ2n) is 4.12. The van der Waals surface area contributed by atoms with E-state index < -0.39 is 5.97 Å². The van der Waals surface area contributed by atoms with Crippen LogP contribution < -0.4 is 10.6 Å². The van der Waals surface area contributed by atoms with Crippen LogP contribution in [0.3, 0.4) is 0 Å². The molecule has 7 heteroatoms. The van der Waals surface area contributed by atoms with Crippen molar-refractivity contribution in [2.45, 2.75) is 13.8 Å². The molecule has 1 aromatic heterocycles. The number of thiazole rings is 1. The monoisotopic (exact) mass is 291 g/mol. The maximum atomic E-state index is 10.9. The van der Waals surface area contributed by atoms with Crippen molar-refractivity contribution in [2.75, 3.05) is 10.6 Å². The van der Waals surface area contributed by atoms with Crippen LogP contribution in [0.2, 0.25) is 0 Å². The van der Waals surface area contributed by atoms with Crippen LogP contribution in [0, 0.1) is 6.92 Å². The minimum absolute atomic E-state index is 0.132. The molecule has 20 heavy (non-hydrogen) atoms. The van der Waals surface area contributed by atoms with E-state index in [0.29, 0.717) is 16.5 Å². The summed E-state index contributed by atoms with van der Waals surface area (Å²) in [6.45, 7) is 3.10. The van der Waals surface area contributed by atoms with E-state index in [-0.39, 0.29) is 10.8 Å². The highest BCUT2D eigenvalue weighted by molar-refractivity contribution is 7.17. The molecule has 1 heterocycles. The zero-order chi connectivity index (χ0) is 14.7. The Morgan fingerprint density at radius 3 is 2.30 bits per heavy atom. The maximum absolute atomic E-state index is 10.9. The summed E-state index contributed by atoms with van der Waals surface area (Å²) in [6.07, 6.45) is 0. The molecule has 1 aromatic carbocycles. The molecule has 0 unspecified atom stereocenters. The van der Waals surface area contributed by atoms with Gasteiger partial charge in [-0.15, -0.1) is 0 Å². The van der Waals surface area contributed by atoms with Crippen molar-refractivity contribution in [3.63, 3.8) is 0 Å². The topological polar surface area (TPSA) is 91.3 Å². The molecule has 0 aliphatic rings. The minimum Gasteiger partial charge on any atom is -0.477 e. The van der Waals surface area contributed by atoms with Crippen molar-refractivity contribution in [2.24, 2.45) is 0 Å². The van der Waals surface area contributed by atoms with Crippen LogP contribution in [-0.4, -0.2) is 22.0 Å². The standard InChI is InChI=1S/C13H13N3O3S/c1-7-11(12(18)19)20-13(14-7)16-10-5-3-9(4-6-10)15-8(2)17/h3-6H,1-2H3,(H,14,16)(H,15,17)(H,18,19). The summed E-state index contributed by atoms with van der Waals surface area (Å²) in [4.78, 5) is 26.2. The number of nitrogens with one attached hydrogen (secondary N) is 2. The van der Waals surface area contributed by atoms with E-state index in [2.05, 4.69) is 15.6 Å². The molecular weight excluding hydrogens is 278 g/mol. The number of amides is 1. The summed E-state index contributed by atoms with van der Waals surface area (Å²) >= 11 is 1.09. The number of nitrogens with zero attached hydrogens (tertiary/aromatic N) is 1. The van der Waals surface area contributed by atoms with E-state index in [1.54, 1.807) is 31.2 Å². The van der Waals surface area contributed by atoms with Crippen LogP contribution >= 0.6 is 11.3 Å². The summed E-state index contributed by atoms with van der Waals surface area (Å²) < 4.78 is 0. The highest BCUT2D eigenvalue weighted by Gasteiger charge is 2.13. The van der Waals surface area contributed by atoms with Crippen molar-refractivity contribution < 1.29 is 14.7 Å². The van der Waals surface area contributed by atoms with Gasteiger partial charge in [0.1, 0.15) is 4.88 Å². The van der Waals surface area contributed by atoms with Crippen LogP contribution in [0.5, 0.6) is 0 Å². The first-order valence-corrected chi connectivity index (χ1v) is 6.63. The van der Waals surface area contributed by atoms with Gasteiger partial charge < -0.3 is 15.7 Å². The lowest BCUT2D eigenvalue weighted by atomic mass is 10.3. The Labute approximate surface area is 119 Å². The molecular formula is C13H13N3O3S. The Balaban J connectivity index is 2.12. The predicted octanol–water partition coefficient (Wildman–Crippen LogP) is 2.85. The Hall–Kier alpha value is -2.41. The lowest BCUT2D eigenvalue weighted by Gasteiger charge is -2.05. The highest BCUT2D eigenvalue weighted by Crippen LogP contribution is 2.26. The van der Waals surface area contributed by atoms with Gasteiger partial charge in [-0.2, -0.15) is 0 Å². The van der Waals surface area contributed by atoms with Crippen LogP contribution in [0.25, 0.3) is 0 Å². The van der Waals surface area contributed by atoms with E-state index in [1.807, 2.05) is 0 Å². The predicted molar refractivity (Wildman–Crippen MR) is 77.8 cm³/mol. The Bertz CT molecular complexity index is 649. The molecule has 1 amide bonds. The summed E-state index contributed by atoms with van der Waals surface area (Å²) in [5.74, 6) is -1.11. The van der Waals surface area contributed by atoms with E-state index in [1.165, 1.54) is 6.92 Å². The molecule has 0 aliphatic carbocycles. The lowest BCUT2D eigenvalue weighted by molar-refractivity contribution is -0.114. The molecule has 0 atom stereocenters. The first-order chi connectivity index (χ1) is 9.45. The smallest absolute Gasteiger partial charge is 0.347 e. The summed E-state index contributed by atoms with van der Waals surface area (Å²) in [5.41, 5.74) is 1.95. The Morgan fingerprint density at radius 2 is 1.80 bits per heavy atom. The number of carbonyl (C=O) groups excluding carboxylic acids is 1. The lowest BCUT2D eigenvalue weighted by Crippen LogP contribution is -2.05. The van der Waals surface area contributed by atoms with Crippen LogP contribution in [0.4, 0.5) is 16.5 Å². The first kappa shape index (κ1) is 14.0. The van der Waals surface area contributed by atoms with Crippen molar-refractivity contribution in [1.29, 1.82) is 0 Å². The fourth-order valence-corrected chi connectivity index (χ4v) is 2.44. The first-order valence-electron chi connectivity index (χ1n) is 5.81. The fraction of sp³-hybridized carbons (Fsp3) is 0.154. The van der Waals surface area contributed by atoms with Gasteiger partial charge in [0.15, 0.2) is 5.13 Å².